The third kappa shape index (κ3) is 6.01. The molecule has 52 heavy (non-hydrogen) atoms. The predicted molar refractivity (Wildman–Crippen MR) is 215 cm³/mol. The second-order valence-electron chi connectivity index (χ2n) is 13.2. The standard InChI is InChI=1S/C48H34N4/c1-31-16-17-38-26-27-42-43(28-32(2)50-47(42)46(38)49-31)41-15-9-14-40(29-41)35-18-22-37(23-19-35)45-30-44(36-12-7-4-8-13-36)51-48(52-45)39-24-20-34(21-25-39)33-10-5-3-6-11-33/h3-30H,1-2H3. The first-order valence-corrected chi connectivity index (χ1v) is 17.6. The molecule has 0 amide bonds. The normalized spacial score (nSPS) is 11.3. The molecule has 0 fully saturated rings. The Morgan fingerprint density at radius 3 is 1.56 bits per heavy atom. The first-order chi connectivity index (χ1) is 25.6. The number of fused-ring (bicyclic) bond motifs is 3. The second kappa shape index (κ2) is 13.2. The molecule has 3 aromatic heterocycles. The molecule has 0 radical (unpaired) electrons. The molecule has 4 heteroatoms. The largest absolute Gasteiger partial charge is 0.251 e. The SMILES string of the molecule is Cc1ccc2ccc3c(-c4cccc(-c5ccc(-c6cc(-c7ccccc7)nc(-c7ccc(-c8ccccc8)cc7)n6)cc5)c4)cc(C)nc3c2n1. The number of rotatable bonds is 6. The zero-order chi connectivity index (χ0) is 35.0. The fourth-order valence-electron chi connectivity index (χ4n) is 6.96. The maximum absolute atomic E-state index is 5.10. The van der Waals surface area contributed by atoms with Gasteiger partial charge in [0.05, 0.1) is 22.4 Å². The molecular weight excluding hydrogens is 633 g/mol. The molecule has 6 aromatic carbocycles. The van der Waals surface area contributed by atoms with Gasteiger partial charge in [-0.1, -0.05) is 146 Å². The maximum atomic E-state index is 5.10. The summed E-state index contributed by atoms with van der Waals surface area (Å²) in [4.78, 5) is 19.9. The fraction of sp³-hybridized carbons (Fsp3) is 0.0417. The number of pyridine rings is 2. The van der Waals surface area contributed by atoms with Crippen LogP contribution in [0.4, 0.5) is 0 Å². The Labute approximate surface area is 303 Å². The van der Waals surface area contributed by atoms with Crippen LogP contribution in [0.15, 0.2) is 170 Å². The van der Waals surface area contributed by atoms with Crippen molar-refractivity contribution in [3.05, 3.63) is 181 Å². The van der Waals surface area contributed by atoms with Gasteiger partial charge in [0.1, 0.15) is 0 Å². The van der Waals surface area contributed by atoms with Crippen molar-refractivity contribution in [3.63, 3.8) is 0 Å². The third-order valence-electron chi connectivity index (χ3n) is 9.64. The monoisotopic (exact) mass is 666 g/mol. The number of hydrogen-bond donors (Lipinski definition) is 0. The third-order valence-corrected chi connectivity index (χ3v) is 9.64. The highest BCUT2D eigenvalue weighted by Crippen LogP contribution is 2.35. The van der Waals surface area contributed by atoms with E-state index in [0.29, 0.717) is 5.82 Å². The molecule has 246 valence electrons. The number of nitrogens with zero attached hydrogens (tertiary/aromatic N) is 4. The van der Waals surface area contributed by atoms with Crippen LogP contribution >= 0.6 is 0 Å². The van der Waals surface area contributed by atoms with Gasteiger partial charge in [0.2, 0.25) is 0 Å². The van der Waals surface area contributed by atoms with Crippen molar-refractivity contribution in [2.75, 3.05) is 0 Å². The maximum Gasteiger partial charge on any atom is 0.160 e. The Morgan fingerprint density at radius 2 is 0.846 bits per heavy atom. The molecule has 0 aliphatic heterocycles. The summed E-state index contributed by atoms with van der Waals surface area (Å²) in [5.41, 5.74) is 15.6. The summed E-state index contributed by atoms with van der Waals surface area (Å²) in [6.45, 7) is 4.09. The smallest absolute Gasteiger partial charge is 0.160 e. The van der Waals surface area contributed by atoms with Gasteiger partial charge in [-0.15, -0.1) is 0 Å². The molecule has 9 aromatic rings. The van der Waals surface area contributed by atoms with Crippen LogP contribution in [0.25, 0.3) is 89.1 Å². The van der Waals surface area contributed by atoms with E-state index in [9.17, 15) is 0 Å². The summed E-state index contributed by atoms with van der Waals surface area (Å²) < 4.78 is 0. The highest BCUT2D eigenvalue weighted by molar-refractivity contribution is 6.08. The van der Waals surface area contributed by atoms with E-state index < -0.39 is 0 Å². The summed E-state index contributed by atoms with van der Waals surface area (Å²) in [5, 5.41) is 2.20. The molecule has 4 nitrogen and oxygen atoms in total. The van der Waals surface area contributed by atoms with Gasteiger partial charge in [-0.25, -0.2) is 9.97 Å². The van der Waals surface area contributed by atoms with E-state index in [2.05, 4.69) is 153 Å². The van der Waals surface area contributed by atoms with Crippen molar-refractivity contribution in [3.8, 4) is 67.3 Å². The highest BCUT2D eigenvalue weighted by Gasteiger charge is 2.14. The Kier molecular flexibility index (Phi) is 7.90. The van der Waals surface area contributed by atoms with Gasteiger partial charge in [-0.2, -0.15) is 0 Å². The number of aryl methyl sites for hydroxylation is 2. The zero-order valence-electron chi connectivity index (χ0n) is 29.0. The summed E-state index contributed by atoms with van der Waals surface area (Å²) in [7, 11) is 0. The van der Waals surface area contributed by atoms with Crippen LogP contribution < -0.4 is 0 Å². The topological polar surface area (TPSA) is 51.6 Å². The lowest BCUT2D eigenvalue weighted by Crippen LogP contribution is -1.96. The van der Waals surface area contributed by atoms with Crippen LogP contribution in [-0.4, -0.2) is 19.9 Å². The Morgan fingerprint density at radius 1 is 0.327 bits per heavy atom. The highest BCUT2D eigenvalue weighted by atomic mass is 14.9. The summed E-state index contributed by atoms with van der Waals surface area (Å²) in [5.74, 6) is 0.700. The molecule has 0 spiro atoms. The first kappa shape index (κ1) is 31.2. The molecule has 9 rings (SSSR count). The summed E-state index contributed by atoms with van der Waals surface area (Å²) in [6.07, 6.45) is 0. The average molecular weight is 667 g/mol. The van der Waals surface area contributed by atoms with E-state index >= 15 is 0 Å². The van der Waals surface area contributed by atoms with Gasteiger partial charge in [0.25, 0.3) is 0 Å². The van der Waals surface area contributed by atoms with Gasteiger partial charge in [-0.3, -0.25) is 9.97 Å². The minimum absolute atomic E-state index is 0.700. The quantitative estimate of drug-likeness (QED) is 0.166. The lowest BCUT2D eigenvalue weighted by molar-refractivity contribution is 1.18. The van der Waals surface area contributed by atoms with Gasteiger partial charge >= 0.3 is 0 Å². The van der Waals surface area contributed by atoms with Crippen molar-refractivity contribution in [2.45, 2.75) is 13.8 Å². The van der Waals surface area contributed by atoms with Crippen molar-refractivity contribution in [1.82, 2.24) is 19.9 Å². The van der Waals surface area contributed by atoms with Crippen molar-refractivity contribution >= 4 is 21.8 Å². The van der Waals surface area contributed by atoms with Gasteiger partial charge in [0.15, 0.2) is 5.82 Å². The Bertz CT molecular complexity index is 2720. The molecule has 0 bridgehead atoms. The summed E-state index contributed by atoms with van der Waals surface area (Å²) >= 11 is 0. The molecule has 0 atom stereocenters. The van der Waals surface area contributed by atoms with Crippen molar-refractivity contribution in [2.24, 2.45) is 0 Å². The molecule has 0 saturated carbocycles. The van der Waals surface area contributed by atoms with E-state index in [4.69, 9.17) is 19.9 Å². The van der Waals surface area contributed by atoms with Crippen LogP contribution in [0, 0.1) is 13.8 Å². The molecule has 0 saturated heterocycles. The zero-order valence-corrected chi connectivity index (χ0v) is 29.0. The molecule has 0 N–H and O–H groups in total. The van der Waals surface area contributed by atoms with Crippen molar-refractivity contribution < 1.29 is 0 Å². The number of aromatic nitrogens is 4. The van der Waals surface area contributed by atoms with E-state index in [0.717, 1.165) is 89.1 Å². The van der Waals surface area contributed by atoms with E-state index in [1.165, 1.54) is 5.56 Å². The molecule has 0 unspecified atom stereocenters. The van der Waals surface area contributed by atoms with Crippen LogP contribution in [-0.2, 0) is 0 Å². The van der Waals surface area contributed by atoms with Gasteiger partial charge < -0.3 is 0 Å². The summed E-state index contributed by atoms with van der Waals surface area (Å²) in [6, 6.07) is 59.4. The second-order valence-corrected chi connectivity index (χ2v) is 13.2. The van der Waals surface area contributed by atoms with E-state index in [1.54, 1.807) is 0 Å². The van der Waals surface area contributed by atoms with E-state index in [-0.39, 0.29) is 0 Å². The molecule has 3 heterocycles. The Balaban J connectivity index is 1.08. The number of benzene rings is 6. The average Bonchev–Trinajstić information content (AvgIpc) is 3.21. The lowest BCUT2D eigenvalue weighted by atomic mass is 9.95. The molecule has 0 aliphatic carbocycles. The minimum atomic E-state index is 0.700. The van der Waals surface area contributed by atoms with Crippen LogP contribution in [0.5, 0.6) is 0 Å². The number of hydrogen-bond acceptors (Lipinski definition) is 4. The van der Waals surface area contributed by atoms with Crippen LogP contribution in [0.1, 0.15) is 11.4 Å². The van der Waals surface area contributed by atoms with E-state index in [1.807, 2.05) is 31.2 Å². The lowest BCUT2D eigenvalue weighted by Gasteiger charge is -2.12. The van der Waals surface area contributed by atoms with Gasteiger partial charge in [0, 0.05) is 38.9 Å². The van der Waals surface area contributed by atoms with Gasteiger partial charge in [-0.05, 0) is 71.5 Å². The first-order valence-electron chi connectivity index (χ1n) is 17.6. The van der Waals surface area contributed by atoms with Crippen molar-refractivity contribution in [1.29, 1.82) is 0 Å². The fourth-order valence-corrected chi connectivity index (χ4v) is 6.96. The van der Waals surface area contributed by atoms with Crippen LogP contribution in [0.2, 0.25) is 0 Å². The predicted octanol–water partition coefficient (Wildman–Crippen LogP) is 12.2. The van der Waals surface area contributed by atoms with Crippen LogP contribution in [0.3, 0.4) is 0 Å². The molecular formula is C48H34N4. The molecule has 0 aliphatic rings. The minimum Gasteiger partial charge on any atom is -0.251 e. The Hall–Kier alpha value is -6.78.